The molecule has 0 aliphatic heterocycles. The summed E-state index contributed by atoms with van der Waals surface area (Å²) in [5.41, 5.74) is 0.279. The summed E-state index contributed by atoms with van der Waals surface area (Å²) < 4.78 is 110. The maximum absolute atomic E-state index is 14.4. The van der Waals surface area contributed by atoms with Crippen LogP contribution in [0.5, 0.6) is 0 Å². The Morgan fingerprint density at radius 2 is 1.00 bits per heavy atom. The minimum absolute atomic E-state index is 0.0864. The molecule has 0 aromatic heterocycles. The van der Waals surface area contributed by atoms with E-state index < -0.39 is 46.9 Å². The maximum Gasteiger partial charge on any atom is 0.416 e. The van der Waals surface area contributed by atoms with Crippen LogP contribution in [0.15, 0.2) is 102 Å². The molecule has 4 aromatic carbocycles. The van der Waals surface area contributed by atoms with Crippen LogP contribution < -0.4 is 0 Å². The van der Waals surface area contributed by atoms with Gasteiger partial charge < -0.3 is 0 Å². The van der Waals surface area contributed by atoms with E-state index in [1.165, 1.54) is 24.3 Å². The van der Waals surface area contributed by atoms with Crippen molar-refractivity contribution in [1.29, 1.82) is 21.0 Å². The number of benzene rings is 4. The van der Waals surface area contributed by atoms with Crippen LogP contribution in [0.25, 0.3) is 39.0 Å². The van der Waals surface area contributed by atoms with Gasteiger partial charge >= 0.3 is 12.4 Å². The minimum Gasteiger partial charge on any atom is -0.207 e. The molecule has 0 amide bonds. The van der Waals surface area contributed by atoms with Gasteiger partial charge in [-0.15, -0.1) is 0 Å². The molecule has 12 heteroatoms. The third-order valence-corrected chi connectivity index (χ3v) is 9.34. The molecule has 0 bridgehead atoms. The highest BCUT2D eigenvalue weighted by Gasteiger charge is 2.43. The summed E-state index contributed by atoms with van der Waals surface area (Å²) in [5.74, 6) is -3.52. The Balaban J connectivity index is 1.42. The Bertz CT molecular complexity index is 2540. The molecule has 4 nitrogen and oxygen atoms in total. The molecule has 4 aromatic rings. The van der Waals surface area contributed by atoms with Crippen LogP contribution in [0.3, 0.4) is 0 Å². The summed E-state index contributed by atoms with van der Waals surface area (Å²) in [7, 11) is 0. The summed E-state index contributed by atoms with van der Waals surface area (Å²) in [6.45, 7) is 0. The summed E-state index contributed by atoms with van der Waals surface area (Å²) in [6, 6.07) is 20.8. The molecule has 0 N–H and O–H groups in total. The van der Waals surface area contributed by atoms with Gasteiger partial charge in [0.25, 0.3) is 0 Å². The first-order chi connectivity index (χ1) is 24.7. The molecular formula is C40H16F8N4. The van der Waals surface area contributed by atoms with E-state index in [-0.39, 0.29) is 44.5 Å². The lowest BCUT2D eigenvalue weighted by molar-refractivity contribution is -0.138. The Kier molecular flexibility index (Phi) is 7.74. The molecule has 0 radical (unpaired) electrons. The molecule has 0 saturated heterocycles. The number of nitrogens with zero attached hydrogens (tertiary/aromatic N) is 4. The first-order valence-electron chi connectivity index (χ1n) is 15.3. The molecule has 2 atom stereocenters. The monoisotopic (exact) mass is 704 g/mol. The van der Waals surface area contributed by atoms with Gasteiger partial charge in [0, 0.05) is 17.4 Å². The van der Waals surface area contributed by atoms with Crippen molar-refractivity contribution >= 4 is 16.7 Å². The van der Waals surface area contributed by atoms with E-state index in [0.717, 1.165) is 24.3 Å². The third kappa shape index (κ3) is 5.43. The SMILES string of the molecule is N#CC(C#N)=C1C2=CC3c4ccc(-c5cc(F)cc(C(F)(F)F)c5)cc4C(=C(C#N)C#N)C3C=C2c2ccc(-c3cc(F)cc(C(F)(F)F)c3)cc21. The molecule has 2 unspecified atom stereocenters. The van der Waals surface area contributed by atoms with E-state index in [1.54, 1.807) is 24.3 Å². The standard InChI is InChI=1S/C40H16F8N4/c41-27-7-21(5-25(11-27)39(43,44)45)19-1-3-29-31-13-36-32(14-35(31)37(33(29)9-19)23(15-49)16-50)30-4-2-20(10-34(30)38(36)24(17-51)18-52)22-6-26(40(46,47)48)12-28(42)8-22/h1-14,31,35H. The van der Waals surface area contributed by atoms with Crippen LogP contribution in [-0.2, 0) is 12.4 Å². The quantitative estimate of drug-likeness (QED) is 0.153. The van der Waals surface area contributed by atoms with Crippen molar-refractivity contribution in [3.8, 4) is 46.5 Å². The molecule has 0 heterocycles. The zero-order valence-corrected chi connectivity index (χ0v) is 26.1. The van der Waals surface area contributed by atoms with Crippen molar-refractivity contribution in [2.75, 3.05) is 0 Å². The van der Waals surface area contributed by atoms with Gasteiger partial charge in [-0.25, -0.2) is 8.78 Å². The van der Waals surface area contributed by atoms with Crippen LogP contribution in [0.4, 0.5) is 35.1 Å². The molecule has 252 valence electrons. The van der Waals surface area contributed by atoms with Crippen molar-refractivity contribution in [2.45, 2.75) is 18.3 Å². The van der Waals surface area contributed by atoms with Crippen LogP contribution in [0.2, 0.25) is 0 Å². The Morgan fingerprint density at radius 3 is 1.52 bits per heavy atom. The van der Waals surface area contributed by atoms with E-state index in [0.29, 0.717) is 45.5 Å². The van der Waals surface area contributed by atoms with E-state index in [9.17, 15) is 56.2 Å². The van der Waals surface area contributed by atoms with Crippen molar-refractivity contribution < 1.29 is 35.1 Å². The summed E-state index contributed by atoms with van der Waals surface area (Å²) in [5, 5.41) is 39.9. The van der Waals surface area contributed by atoms with Gasteiger partial charge in [-0.1, -0.05) is 36.4 Å². The highest BCUT2D eigenvalue weighted by atomic mass is 19.4. The predicted molar refractivity (Wildman–Crippen MR) is 172 cm³/mol. The van der Waals surface area contributed by atoms with Crippen molar-refractivity contribution in [2.24, 2.45) is 5.92 Å². The van der Waals surface area contributed by atoms with Crippen molar-refractivity contribution in [1.82, 2.24) is 0 Å². The van der Waals surface area contributed by atoms with E-state index in [4.69, 9.17) is 0 Å². The zero-order chi connectivity index (χ0) is 37.3. The number of alkyl halides is 6. The maximum atomic E-state index is 14.4. The fraction of sp³-hybridized carbons (Fsp3) is 0.100. The zero-order valence-electron chi connectivity index (χ0n) is 26.1. The number of hydrogen-bond acceptors (Lipinski definition) is 4. The smallest absolute Gasteiger partial charge is 0.207 e. The lowest BCUT2D eigenvalue weighted by Gasteiger charge is -2.23. The highest BCUT2D eigenvalue weighted by molar-refractivity contribution is 6.12. The number of hydrogen-bond donors (Lipinski definition) is 0. The third-order valence-electron chi connectivity index (χ3n) is 9.34. The summed E-state index contributed by atoms with van der Waals surface area (Å²) in [4.78, 5) is 0. The second kappa shape index (κ2) is 11.9. The van der Waals surface area contributed by atoms with Gasteiger partial charge in [0.2, 0.25) is 0 Å². The molecule has 3 aliphatic rings. The lowest BCUT2D eigenvalue weighted by Crippen LogP contribution is -2.09. The van der Waals surface area contributed by atoms with Crippen LogP contribution >= 0.6 is 0 Å². The Hall–Kier alpha value is -6.76. The summed E-state index contributed by atoms with van der Waals surface area (Å²) >= 11 is 0. The molecule has 3 aliphatic carbocycles. The Morgan fingerprint density at radius 1 is 0.500 bits per heavy atom. The number of fused-ring (bicyclic) bond motifs is 6. The summed E-state index contributed by atoms with van der Waals surface area (Å²) in [6.07, 6.45) is -6.16. The molecular weight excluding hydrogens is 688 g/mol. The van der Waals surface area contributed by atoms with Crippen molar-refractivity contribution in [3.05, 3.63) is 147 Å². The van der Waals surface area contributed by atoms with E-state index >= 15 is 0 Å². The normalized spacial score (nSPS) is 16.9. The molecule has 7 rings (SSSR count). The molecule has 0 fully saturated rings. The lowest BCUT2D eigenvalue weighted by atomic mass is 9.79. The van der Waals surface area contributed by atoms with Crippen LogP contribution in [0, 0.1) is 62.9 Å². The minimum atomic E-state index is -4.83. The van der Waals surface area contributed by atoms with Gasteiger partial charge in [-0.3, -0.25) is 0 Å². The molecule has 52 heavy (non-hydrogen) atoms. The topological polar surface area (TPSA) is 95.2 Å². The first kappa shape index (κ1) is 33.7. The average molecular weight is 705 g/mol. The second-order valence-corrected chi connectivity index (χ2v) is 12.2. The number of allylic oxidation sites excluding steroid dienone is 8. The average Bonchev–Trinajstić information content (AvgIpc) is 3.58. The highest BCUT2D eigenvalue weighted by Crippen LogP contribution is 2.58. The molecule has 0 saturated carbocycles. The number of halogens is 8. The van der Waals surface area contributed by atoms with Crippen molar-refractivity contribution in [3.63, 3.8) is 0 Å². The first-order valence-corrected chi connectivity index (χ1v) is 15.3. The van der Waals surface area contributed by atoms with Gasteiger partial charge in [-0.05, 0) is 110 Å². The number of rotatable bonds is 2. The van der Waals surface area contributed by atoms with Gasteiger partial charge in [0.1, 0.15) is 47.1 Å². The Labute approximate surface area is 290 Å². The molecule has 0 spiro atoms. The van der Waals surface area contributed by atoms with E-state index in [1.807, 2.05) is 24.3 Å². The fourth-order valence-electron chi connectivity index (χ4n) is 7.19. The second-order valence-electron chi connectivity index (χ2n) is 12.2. The van der Waals surface area contributed by atoms with Gasteiger partial charge in [-0.2, -0.15) is 47.4 Å². The number of nitriles is 4. The van der Waals surface area contributed by atoms with Crippen LogP contribution in [-0.4, -0.2) is 0 Å². The predicted octanol–water partition coefficient (Wildman–Crippen LogP) is 10.7. The van der Waals surface area contributed by atoms with Crippen LogP contribution in [0.1, 0.15) is 39.3 Å². The van der Waals surface area contributed by atoms with Gasteiger partial charge in [0.15, 0.2) is 0 Å². The van der Waals surface area contributed by atoms with E-state index in [2.05, 4.69) is 0 Å². The van der Waals surface area contributed by atoms with Gasteiger partial charge in [0.05, 0.1) is 11.1 Å². The fourth-order valence-corrected chi connectivity index (χ4v) is 7.19. The largest absolute Gasteiger partial charge is 0.416 e.